The number of pyridine rings is 1. The molecule has 0 saturated carbocycles. The van der Waals surface area contributed by atoms with Gasteiger partial charge in [0.25, 0.3) is 10.1 Å². The molecule has 1 aromatic heterocycles. The van der Waals surface area contributed by atoms with Gasteiger partial charge >= 0.3 is 0 Å². The summed E-state index contributed by atoms with van der Waals surface area (Å²) in [6.45, 7) is 0. The molecule has 0 aliphatic heterocycles. The summed E-state index contributed by atoms with van der Waals surface area (Å²) in [4.78, 5) is 15.6. The van der Waals surface area contributed by atoms with Gasteiger partial charge in [0.15, 0.2) is 5.78 Å². The highest BCUT2D eigenvalue weighted by molar-refractivity contribution is 7.85. The van der Waals surface area contributed by atoms with Gasteiger partial charge in [-0.3, -0.25) is 14.3 Å². The zero-order valence-electron chi connectivity index (χ0n) is 9.85. The van der Waals surface area contributed by atoms with E-state index >= 15 is 0 Å². The van der Waals surface area contributed by atoms with Crippen molar-refractivity contribution in [1.82, 2.24) is 4.98 Å². The molecule has 1 aromatic carbocycles. The number of nitrogens with zero attached hydrogens (tertiary/aromatic N) is 1. The van der Waals surface area contributed by atoms with Gasteiger partial charge in [0.2, 0.25) is 0 Å². The van der Waals surface area contributed by atoms with Crippen molar-refractivity contribution in [3.05, 3.63) is 59.9 Å². The molecule has 1 heterocycles. The Morgan fingerprint density at radius 2 is 1.84 bits per heavy atom. The normalized spacial score (nSPS) is 11.2. The first-order valence-corrected chi connectivity index (χ1v) is 6.91. The molecule has 0 bridgehead atoms. The third kappa shape index (κ3) is 3.46. The minimum absolute atomic E-state index is 0.0205. The van der Waals surface area contributed by atoms with Crippen LogP contribution in [0, 0.1) is 0 Å². The first-order valence-electron chi connectivity index (χ1n) is 5.47. The van der Waals surface area contributed by atoms with Crippen molar-refractivity contribution >= 4 is 15.9 Å². The number of carbonyl (C=O) groups is 1. The van der Waals surface area contributed by atoms with E-state index in [9.17, 15) is 13.2 Å². The van der Waals surface area contributed by atoms with E-state index in [4.69, 9.17) is 4.55 Å². The van der Waals surface area contributed by atoms with Crippen molar-refractivity contribution in [1.29, 1.82) is 0 Å². The van der Waals surface area contributed by atoms with Gasteiger partial charge in [0, 0.05) is 17.5 Å². The van der Waals surface area contributed by atoms with Gasteiger partial charge in [-0.05, 0) is 12.1 Å². The quantitative estimate of drug-likeness (QED) is 0.680. The first-order chi connectivity index (χ1) is 8.97. The van der Waals surface area contributed by atoms with Gasteiger partial charge in [0.05, 0.1) is 11.3 Å². The largest absolute Gasteiger partial charge is 0.294 e. The summed E-state index contributed by atoms with van der Waals surface area (Å²) >= 11 is 0. The number of rotatable bonds is 4. The van der Waals surface area contributed by atoms with Crippen LogP contribution in [0.4, 0.5) is 0 Å². The van der Waals surface area contributed by atoms with Crippen molar-refractivity contribution in [2.75, 3.05) is 0 Å². The molecule has 0 fully saturated rings. The molecule has 98 valence electrons. The van der Waals surface area contributed by atoms with Crippen LogP contribution in [0.1, 0.15) is 16.1 Å². The van der Waals surface area contributed by atoms with Gasteiger partial charge < -0.3 is 0 Å². The predicted molar refractivity (Wildman–Crippen MR) is 68.5 cm³/mol. The molecule has 0 unspecified atom stereocenters. The molecule has 0 aliphatic rings. The number of carbonyl (C=O) groups excluding carboxylic acids is 1. The van der Waals surface area contributed by atoms with Crippen LogP contribution >= 0.6 is 0 Å². The van der Waals surface area contributed by atoms with Crippen molar-refractivity contribution in [2.45, 2.75) is 11.3 Å². The lowest BCUT2D eigenvalue weighted by Gasteiger charge is -2.02. The highest BCUT2D eigenvalue weighted by Crippen LogP contribution is 2.11. The summed E-state index contributed by atoms with van der Waals surface area (Å²) in [5.74, 6) is -0.166. The third-order valence-electron chi connectivity index (χ3n) is 2.52. The minimum Gasteiger partial charge on any atom is -0.294 e. The molecule has 2 rings (SSSR count). The SMILES string of the molecule is O=C(Cc1cc(S(=O)(=O)O)ccn1)c1ccccc1. The number of hydrogen-bond acceptors (Lipinski definition) is 4. The number of aromatic nitrogens is 1. The maximum absolute atomic E-state index is 11.9. The van der Waals surface area contributed by atoms with Crippen LogP contribution in [0.2, 0.25) is 0 Å². The van der Waals surface area contributed by atoms with Crippen molar-refractivity contribution in [3.63, 3.8) is 0 Å². The highest BCUT2D eigenvalue weighted by Gasteiger charge is 2.13. The average molecular weight is 277 g/mol. The molecule has 19 heavy (non-hydrogen) atoms. The van der Waals surface area contributed by atoms with Crippen LogP contribution in [0.25, 0.3) is 0 Å². The second-order valence-electron chi connectivity index (χ2n) is 3.92. The fourth-order valence-electron chi connectivity index (χ4n) is 1.60. The van der Waals surface area contributed by atoms with Crippen molar-refractivity contribution in [3.8, 4) is 0 Å². The van der Waals surface area contributed by atoms with Crippen LogP contribution in [-0.4, -0.2) is 23.7 Å². The maximum atomic E-state index is 11.9. The molecule has 6 heteroatoms. The van der Waals surface area contributed by atoms with Gasteiger partial charge in [0.1, 0.15) is 0 Å². The summed E-state index contributed by atoms with van der Waals surface area (Å²) in [7, 11) is -4.28. The molecular formula is C13H11NO4S. The monoisotopic (exact) mass is 277 g/mol. The van der Waals surface area contributed by atoms with Crippen LogP contribution in [0.3, 0.4) is 0 Å². The lowest BCUT2D eigenvalue weighted by molar-refractivity contribution is 0.0992. The standard InChI is InChI=1S/C13H11NO4S/c15-13(10-4-2-1-3-5-10)9-11-8-12(6-7-14-11)19(16,17)18/h1-8H,9H2,(H,16,17,18). The van der Waals surface area contributed by atoms with Crippen LogP contribution in [0.5, 0.6) is 0 Å². The second kappa shape index (κ2) is 5.29. The number of hydrogen-bond donors (Lipinski definition) is 1. The molecule has 0 radical (unpaired) electrons. The van der Waals surface area contributed by atoms with Crippen LogP contribution in [-0.2, 0) is 16.5 Å². The van der Waals surface area contributed by atoms with Gasteiger partial charge in [-0.25, -0.2) is 0 Å². The van der Waals surface area contributed by atoms with E-state index in [0.29, 0.717) is 11.3 Å². The molecule has 0 saturated heterocycles. The second-order valence-corrected chi connectivity index (χ2v) is 5.35. The Bertz CT molecular complexity index is 696. The summed E-state index contributed by atoms with van der Waals surface area (Å²) < 4.78 is 30.9. The summed E-state index contributed by atoms with van der Waals surface area (Å²) in [6, 6.07) is 11.0. The lowest BCUT2D eigenvalue weighted by Crippen LogP contribution is -2.06. The number of ketones is 1. The molecular weight excluding hydrogens is 266 g/mol. The van der Waals surface area contributed by atoms with Crippen LogP contribution < -0.4 is 0 Å². The Kier molecular flexibility index (Phi) is 3.73. The van der Waals surface area contributed by atoms with E-state index in [2.05, 4.69) is 4.98 Å². The molecule has 0 amide bonds. The van der Waals surface area contributed by atoms with Crippen LogP contribution in [0.15, 0.2) is 53.6 Å². The minimum atomic E-state index is -4.28. The topological polar surface area (TPSA) is 84.3 Å². The smallest absolute Gasteiger partial charge is 0.294 e. The van der Waals surface area contributed by atoms with E-state index < -0.39 is 10.1 Å². The fraction of sp³-hybridized carbons (Fsp3) is 0.0769. The lowest BCUT2D eigenvalue weighted by atomic mass is 10.1. The Hall–Kier alpha value is -2.05. The molecule has 0 atom stereocenters. The van der Waals surface area contributed by atoms with Gasteiger partial charge in [-0.1, -0.05) is 30.3 Å². The number of Topliss-reactive ketones (excluding diaryl/α,β-unsaturated/α-hetero) is 1. The van der Waals surface area contributed by atoms with E-state index in [1.54, 1.807) is 30.3 Å². The molecule has 1 N–H and O–H groups in total. The average Bonchev–Trinajstić information content (AvgIpc) is 2.39. The fourth-order valence-corrected chi connectivity index (χ4v) is 2.12. The van der Waals surface area contributed by atoms with E-state index in [-0.39, 0.29) is 17.1 Å². The van der Waals surface area contributed by atoms with Crippen molar-refractivity contribution in [2.24, 2.45) is 0 Å². The van der Waals surface area contributed by atoms with E-state index in [1.807, 2.05) is 0 Å². The zero-order valence-corrected chi connectivity index (χ0v) is 10.7. The van der Waals surface area contributed by atoms with E-state index in [0.717, 1.165) is 0 Å². The Labute approximate surface area is 110 Å². The molecule has 0 spiro atoms. The number of benzene rings is 1. The summed E-state index contributed by atoms with van der Waals surface area (Å²) in [5, 5.41) is 0. The maximum Gasteiger partial charge on any atom is 0.294 e. The van der Waals surface area contributed by atoms with Gasteiger partial charge in [-0.2, -0.15) is 8.42 Å². The Morgan fingerprint density at radius 3 is 2.47 bits per heavy atom. The van der Waals surface area contributed by atoms with E-state index in [1.165, 1.54) is 18.3 Å². The Morgan fingerprint density at radius 1 is 1.16 bits per heavy atom. The Balaban J connectivity index is 2.23. The highest BCUT2D eigenvalue weighted by atomic mass is 32.2. The van der Waals surface area contributed by atoms with Crippen molar-refractivity contribution < 1.29 is 17.8 Å². The predicted octanol–water partition coefficient (Wildman–Crippen LogP) is 1.75. The zero-order chi connectivity index (χ0) is 13.9. The third-order valence-corrected chi connectivity index (χ3v) is 3.37. The summed E-state index contributed by atoms with van der Waals surface area (Å²) in [5.41, 5.74) is 0.825. The summed E-state index contributed by atoms with van der Waals surface area (Å²) in [6.07, 6.45) is 1.23. The first kappa shape index (κ1) is 13.4. The molecule has 5 nitrogen and oxygen atoms in total. The van der Waals surface area contributed by atoms with Gasteiger partial charge in [-0.15, -0.1) is 0 Å². The molecule has 0 aliphatic carbocycles. The molecule has 2 aromatic rings.